The van der Waals surface area contributed by atoms with E-state index in [0.717, 1.165) is 11.3 Å². The predicted molar refractivity (Wildman–Crippen MR) is 91.3 cm³/mol. The van der Waals surface area contributed by atoms with Gasteiger partial charge >= 0.3 is 0 Å². The third-order valence-corrected chi connectivity index (χ3v) is 3.45. The zero-order chi connectivity index (χ0) is 16.9. The fourth-order valence-corrected chi connectivity index (χ4v) is 2.31. The molecule has 0 aliphatic rings. The van der Waals surface area contributed by atoms with Gasteiger partial charge in [0.1, 0.15) is 5.82 Å². The van der Waals surface area contributed by atoms with E-state index in [1.807, 2.05) is 43.3 Å². The van der Waals surface area contributed by atoms with Crippen molar-refractivity contribution in [2.45, 2.75) is 6.92 Å². The molecular weight excluding hydrogens is 300 g/mol. The molecule has 1 aromatic heterocycles. The van der Waals surface area contributed by atoms with Crippen molar-refractivity contribution in [2.24, 2.45) is 0 Å². The van der Waals surface area contributed by atoms with Gasteiger partial charge in [0.15, 0.2) is 0 Å². The average Bonchev–Trinajstić information content (AvgIpc) is 2.62. The Balaban J connectivity index is 1.84. The van der Waals surface area contributed by atoms with Crippen molar-refractivity contribution < 1.29 is 4.79 Å². The summed E-state index contributed by atoms with van der Waals surface area (Å²) in [5.41, 5.74) is 3.25. The Morgan fingerprint density at radius 2 is 1.96 bits per heavy atom. The topological polar surface area (TPSA) is 78.7 Å². The second kappa shape index (κ2) is 6.71. The SMILES string of the molecule is Cc1nccc(-c2cccc(NC(=O)c3cccc(C#N)c3)c2)n1. The fraction of sp³-hybridized carbons (Fsp3) is 0.0526. The van der Waals surface area contributed by atoms with Crippen LogP contribution in [-0.2, 0) is 0 Å². The van der Waals surface area contributed by atoms with Crippen LogP contribution in [0.15, 0.2) is 60.8 Å². The Bertz CT molecular complexity index is 944. The van der Waals surface area contributed by atoms with E-state index in [4.69, 9.17) is 5.26 Å². The molecule has 0 saturated carbocycles. The van der Waals surface area contributed by atoms with E-state index in [2.05, 4.69) is 15.3 Å². The molecule has 5 heteroatoms. The minimum Gasteiger partial charge on any atom is -0.322 e. The van der Waals surface area contributed by atoms with Crippen LogP contribution in [0.3, 0.4) is 0 Å². The molecule has 116 valence electrons. The highest BCUT2D eigenvalue weighted by molar-refractivity contribution is 6.04. The summed E-state index contributed by atoms with van der Waals surface area (Å²) in [4.78, 5) is 20.8. The fourth-order valence-electron chi connectivity index (χ4n) is 2.31. The molecule has 0 aliphatic heterocycles. The zero-order valence-electron chi connectivity index (χ0n) is 13.0. The average molecular weight is 314 g/mol. The van der Waals surface area contributed by atoms with Crippen molar-refractivity contribution in [1.29, 1.82) is 5.26 Å². The molecule has 0 atom stereocenters. The van der Waals surface area contributed by atoms with Crippen molar-refractivity contribution in [3.05, 3.63) is 77.7 Å². The standard InChI is InChI=1S/C19H14N4O/c1-13-21-9-8-18(22-13)15-5-3-7-17(11-15)23-19(24)16-6-2-4-14(10-16)12-20/h2-11H,1H3,(H,23,24). The molecule has 0 fully saturated rings. The molecular formula is C19H14N4O. The Labute approximate surface area is 139 Å². The molecule has 3 rings (SSSR count). The first-order chi connectivity index (χ1) is 11.7. The summed E-state index contributed by atoms with van der Waals surface area (Å²) < 4.78 is 0. The maximum Gasteiger partial charge on any atom is 0.255 e. The smallest absolute Gasteiger partial charge is 0.255 e. The van der Waals surface area contributed by atoms with Crippen LogP contribution in [0.4, 0.5) is 5.69 Å². The number of nitrogens with zero attached hydrogens (tertiary/aromatic N) is 3. The number of aryl methyl sites for hydroxylation is 1. The van der Waals surface area contributed by atoms with Gasteiger partial charge in [0.25, 0.3) is 5.91 Å². The zero-order valence-corrected chi connectivity index (χ0v) is 13.0. The molecule has 2 aromatic carbocycles. The van der Waals surface area contributed by atoms with Crippen LogP contribution < -0.4 is 5.32 Å². The molecule has 0 radical (unpaired) electrons. The summed E-state index contributed by atoms with van der Waals surface area (Å²) in [5.74, 6) is 0.429. The van der Waals surface area contributed by atoms with Gasteiger partial charge < -0.3 is 5.32 Å². The Morgan fingerprint density at radius 3 is 2.75 bits per heavy atom. The second-order valence-electron chi connectivity index (χ2n) is 5.22. The van der Waals surface area contributed by atoms with Gasteiger partial charge in [-0.2, -0.15) is 5.26 Å². The summed E-state index contributed by atoms with van der Waals surface area (Å²) in [5, 5.41) is 11.8. The van der Waals surface area contributed by atoms with Gasteiger partial charge in [0.2, 0.25) is 0 Å². The minimum atomic E-state index is -0.261. The lowest BCUT2D eigenvalue weighted by molar-refractivity contribution is 0.102. The number of carbonyl (C=O) groups excluding carboxylic acids is 1. The molecule has 0 aliphatic carbocycles. The van der Waals surface area contributed by atoms with Crippen LogP contribution in [0.1, 0.15) is 21.7 Å². The second-order valence-corrected chi connectivity index (χ2v) is 5.22. The molecule has 0 saturated heterocycles. The van der Waals surface area contributed by atoms with Gasteiger partial charge in [0, 0.05) is 23.0 Å². The maximum absolute atomic E-state index is 12.3. The summed E-state index contributed by atoms with van der Waals surface area (Å²) in [6.45, 7) is 1.83. The number of hydrogen-bond acceptors (Lipinski definition) is 4. The van der Waals surface area contributed by atoms with Crippen molar-refractivity contribution in [1.82, 2.24) is 9.97 Å². The van der Waals surface area contributed by atoms with Gasteiger partial charge in [-0.25, -0.2) is 9.97 Å². The number of carbonyl (C=O) groups is 1. The third-order valence-electron chi connectivity index (χ3n) is 3.45. The summed E-state index contributed by atoms with van der Waals surface area (Å²) in [6.07, 6.45) is 1.70. The molecule has 3 aromatic rings. The first kappa shape index (κ1) is 15.4. The van der Waals surface area contributed by atoms with Crippen molar-refractivity contribution in [3.63, 3.8) is 0 Å². The lowest BCUT2D eigenvalue weighted by Crippen LogP contribution is -2.12. The molecule has 0 bridgehead atoms. The minimum absolute atomic E-state index is 0.261. The molecule has 5 nitrogen and oxygen atoms in total. The number of nitriles is 1. The van der Waals surface area contributed by atoms with E-state index < -0.39 is 0 Å². The number of anilines is 1. The number of rotatable bonds is 3. The third kappa shape index (κ3) is 3.45. The quantitative estimate of drug-likeness (QED) is 0.801. The van der Waals surface area contributed by atoms with Crippen LogP contribution >= 0.6 is 0 Å². The normalized spacial score (nSPS) is 10.0. The Morgan fingerprint density at radius 1 is 1.12 bits per heavy atom. The number of hydrogen-bond donors (Lipinski definition) is 1. The predicted octanol–water partition coefficient (Wildman–Crippen LogP) is 3.58. The number of aromatic nitrogens is 2. The van der Waals surface area contributed by atoms with E-state index in [-0.39, 0.29) is 5.91 Å². The van der Waals surface area contributed by atoms with Crippen molar-refractivity contribution in [3.8, 4) is 17.3 Å². The monoisotopic (exact) mass is 314 g/mol. The highest BCUT2D eigenvalue weighted by Crippen LogP contribution is 2.21. The Kier molecular flexibility index (Phi) is 4.30. The van der Waals surface area contributed by atoms with Crippen LogP contribution in [0.5, 0.6) is 0 Å². The largest absolute Gasteiger partial charge is 0.322 e. The van der Waals surface area contributed by atoms with E-state index in [0.29, 0.717) is 22.6 Å². The molecule has 1 amide bonds. The first-order valence-corrected chi connectivity index (χ1v) is 7.37. The van der Waals surface area contributed by atoms with Crippen molar-refractivity contribution >= 4 is 11.6 Å². The van der Waals surface area contributed by atoms with Crippen LogP contribution in [-0.4, -0.2) is 15.9 Å². The molecule has 0 unspecified atom stereocenters. The Hall–Kier alpha value is -3.52. The lowest BCUT2D eigenvalue weighted by Gasteiger charge is -2.08. The number of nitrogens with one attached hydrogen (secondary N) is 1. The van der Waals surface area contributed by atoms with Crippen molar-refractivity contribution in [2.75, 3.05) is 5.32 Å². The van der Waals surface area contributed by atoms with Crippen LogP contribution in [0, 0.1) is 18.3 Å². The van der Waals surface area contributed by atoms with E-state index in [1.165, 1.54) is 0 Å². The van der Waals surface area contributed by atoms with E-state index >= 15 is 0 Å². The van der Waals surface area contributed by atoms with Gasteiger partial charge in [-0.3, -0.25) is 4.79 Å². The molecule has 1 N–H and O–H groups in total. The summed E-state index contributed by atoms with van der Waals surface area (Å²) >= 11 is 0. The van der Waals surface area contributed by atoms with Gasteiger partial charge in [-0.15, -0.1) is 0 Å². The van der Waals surface area contributed by atoms with E-state index in [1.54, 1.807) is 30.5 Å². The first-order valence-electron chi connectivity index (χ1n) is 7.37. The van der Waals surface area contributed by atoms with Crippen LogP contribution in [0.2, 0.25) is 0 Å². The van der Waals surface area contributed by atoms with E-state index in [9.17, 15) is 4.79 Å². The van der Waals surface area contributed by atoms with Gasteiger partial charge in [0.05, 0.1) is 17.3 Å². The van der Waals surface area contributed by atoms with Gasteiger partial charge in [-0.1, -0.05) is 18.2 Å². The summed E-state index contributed by atoms with van der Waals surface area (Å²) in [7, 11) is 0. The number of benzene rings is 2. The number of amides is 1. The summed E-state index contributed by atoms with van der Waals surface area (Å²) in [6, 6.07) is 17.9. The molecule has 1 heterocycles. The van der Waals surface area contributed by atoms with Gasteiger partial charge in [-0.05, 0) is 43.3 Å². The lowest BCUT2D eigenvalue weighted by atomic mass is 10.1. The molecule has 24 heavy (non-hydrogen) atoms. The molecule has 0 spiro atoms. The van der Waals surface area contributed by atoms with Crippen LogP contribution in [0.25, 0.3) is 11.3 Å². The highest BCUT2D eigenvalue weighted by Gasteiger charge is 2.08. The maximum atomic E-state index is 12.3. The highest BCUT2D eigenvalue weighted by atomic mass is 16.1.